The Morgan fingerprint density at radius 3 is 2.59 bits per heavy atom. The van der Waals surface area contributed by atoms with Crippen molar-refractivity contribution in [2.75, 3.05) is 0 Å². The average molecular weight is 382 g/mol. The molecule has 3 aromatic heterocycles. The van der Waals surface area contributed by atoms with E-state index in [0.717, 1.165) is 33.5 Å². The summed E-state index contributed by atoms with van der Waals surface area (Å²) in [4.78, 5) is 11.2. The number of rotatable bonds is 4. The van der Waals surface area contributed by atoms with Gasteiger partial charge in [-0.25, -0.2) is 9.31 Å². The smallest absolute Gasteiger partial charge is 0.356 e. The van der Waals surface area contributed by atoms with Crippen molar-refractivity contribution in [2.24, 2.45) is 0 Å². The lowest BCUT2D eigenvalue weighted by Crippen LogP contribution is -2.09. The highest BCUT2D eigenvalue weighted by Gasteiger charge is 2.14. The first kappa shape index (κ1) is 17.2. The number of pyridine rings is 1. The van der Waals surface area contributed by atoms with Crippen molar-refractivity contribution < 1.29 is 9.90 Å². The largest absolute Gasteiger partial charge is 0.476 e. The maximum absolute atomic E-state index is 11.2. The Hall–Kier alpha value is -3.93. The first-order chi connectivity index (χ1) is 14.1. The fourth-order valence-electron chi connectivity index (χ4n) is 3.70. The lowest BCUT2D eigenvalue weighted by molar-refractivity contribution is 0.0689. The van der Waals surface area contributed by atoms with Crippen molar-refractivity contribution in [3.8, 4) is 11.3 Å². The summed E-state index contributed by atoms with van der Waals surface area (Å²) in [6.07, 6.45) is 0. The highest BCUT2D eigenvalue weighted by molar-refractivity contribution is 5.96. The SMILES string of the molecule is Cc1cc(C(=O)O)nn1Cc1cccc2cc(-c3cccc4ccccc34)nn12. The number of hydrogen-bond acceptors (Lipinski definition) is 3. The second-order valence-electron chi connectivity index (χ2n) is 7.04. The summed E-state index contributed by atoms with van der Waals surface area (Å²) in [5.74, 6) is -1.03. The highest BCUT2D eigenvalue weighted by atomic mass is 16.4. The van der Waals surface area contributed by atoms with E-state index in [1.807, 2.05) is 47.8 Å². The normalized spacial score (nSPS) is 11.3. The fourth-order valence-corrected chi connectivity index (χ4v) is 3.70. The molecule has 5 rings (SSSR count). The molecule has 5 aromatic rings. The van der Waals surface area contributed by atoms with Gasteiger partial charge in [0.25, 0.3) is 0 Å². The van der Waals surface area contributed by atoms with Gasteiger partial charge in [0.05, 0.1) is 23.4 Å². The Labute approximate surface area is 166 Å². The van der Waals surface area contributed by atoms with E-state index in [1.165, 1.54) is 5.39 Å². The third-order valence-corrected chi connectivity index (χ3v) is 5.14. The Balaban J connectivity index is 1.61. The van der Waals surface area contributed by atoms with Gasteiger partial charge in [-0.2, -0.15) is 10.2 Å². The second kappa shape index (κ2) is 6.60. The molecule has 0 atom stereocenters. The number of nitrogens with zero attached hydrogens (tertiary/aromatic N) is 4. The van der Waals surface area contributed by atoms with Gasteiger partial charge in [0, 0.05) is 11.3 Å². The molecule has 2 aromatic carbocycles. The predicted octanol–water partition coefficient (Wildman–Crippen LogP) is 4.41. The van der Waals surface area contributed by atoms with Crippen LogP contribution in [-0.4, -0.2) is 30.5 Å². The molecular formula is C23H18N4O2. The van der Waals surface area contributed by atoms with Gasteiger partial charge < -0.3 is 5.11 Å². The topological polar surface area (TPSA) is 72.4 Å². The molecule has 0 aliphatic carbocycles. The van der Waals surface area contributed by atoms with Crippen LogP contribution in [0.1, 0.15) is 21.9 Å². The van der Waals surface area contributed by atoms with Crippen LogP contribution in [0.5, 0.6) is 0 Å². The van der Waals surface area contributed by atoms with E-state index < -0.39 is 5.97 Å². The van der Waals surface area contributed by atoms with E-state index in [0.29, 0.717) is 6.54 Å². The number of carboxylic acid groups (broad SMARTS) is 1. The summed E-state index contributed by atoms with van der Waals surface area (Å²) in [6.45, 7) is 2.29. The molecule has 6 heteroatoms. The van der Waals surface area contributed by atoms with E-state index in [-0.39, 0.29) is 5.69 Å². The van der Waals surface area contributed by atoms with E-state index in [4.69, 9.17) is 5.10 Å². The van der Waals surface area contributed by atoms with E-state index in [1.54, 1.807) is 10.7 Å². The van der Waals surface area contributed by atoms with Crippen molar-refractivity contribution in [1.29, 1.82) is 0 Å². The van der Waals surface area contributed by atoms with E-state index >= 15 is 0 Å². The average Bonchev–Trinajstić information content (AvgIpc) is 3.32. The van der Waals surface area contributed by atoms with Crippen LogP contribution in [0.25, 0.3) is 27.5 Å². The number of hydrogen-bond donors (Lipinski definition) is 1. The van der Waals surface area contributed by atoms with Crippen molar-refractivity contribution in [3.63, 3.8) is 0 Å². The van der Waals surface area contributed by atoms with Gasteiger partial charge in [0.1, 0.15) is 0 Å². The molecule has 0 amide bonds. The van der Waals surface area contributed by atoms with Crippen LogP contribution >= 0.6 is 0 Å². The fraction of sp³-hybridized carbons (Fsp3) is 0.0870. The number of carbonyl (C=O) groups is 1. The number of carboxylic acids is 1. The molecule has 0 spiro atoms. The Morgan fingerprint density at radius 1 is 0.966 bits per heavy atom. The third-order valence-electron chi connectivity index (χ3n) is 5.14. The molecule has 0 unspecified atom stereocenters. The van der Waals surface area contributed by atoms with Crippen molar-refractivity contribution in [1.82, 2.24) is 19.4 Å². The Bertz CT molecular complexity index is 1380. The molecule has 6 nitrogen and oxygen atoms in total. The van der Waals surface area contributed by atoms with Crippen LogP contribution < -0.4 is 0 Å². The number of aryl methyl sites for hydroxylation is 1. The van der Waals surface area contributed by atoms with Crippen LogP contribution in [-0.2, 0) is 6.54 Å². The third kappa shape index (κ3) is 2.95. The first-order valence-corrected chi connectivity index (χ1v) is 9.34. The number of fused-ring (bicyclic) bond motifs is 2. The summed E-state index contributed by atoms with van der Waals surface area (Å²) >= 11 is 0. The molecule has 0 saturated carbocycles. The molecule has 1 N–H and O–H groups in total. The molecule has 142 valence electrons. The first-order valence-electron chi connectivity index (χ1n) is 9.34. The summed E-state index contributed by atoms with van der Waals surface area (Å²) < 4.78 is 3.59. The van der Waals surface area contributed by atoms with Gasteiger partial charge in [-0.1, -0.05) is 48.5 Å². The van der Waals surface area contributed by atoms with Crippen LogP contribution in [0.15, 0.2) is 72.8 Å². The zero-order valence-corrected chi connectivity index (χ0v) is 15.8. The van der Waals surface area contributed by atoms with Gasteiger partial charge >= 0.3 is 5.97 Å². The number of aromatic carboxylic acids is 1. The maximum Gasteiger partial charge on any atom is 0.356 e. The molecule has 0 bridgehead atoms. The molecule has 0 fully saturated rings. The van der Waals surface area contributed by atoms with Gasteiger partial charge in [-0.3, -0.25) is 4.68 Å². The minimum atomic E-state index is -1.03. The van der Waals surface area contributed by atoms with Crippen molar-refractivity contribution >= 4 is 22.3 Å². The van der Waals surface area contributed by atoms with Crippen molar-refractivity contribution in [3.05, 3.63) is 89.9 Å². The van der Waals surface area contributed by atoms with Gasteiger partial charge in [-0.15, -0.1) is 0 Å². The number of benzene rings is 2. The predicted molar refractivity (Wildman–Crippen MR) is 111 cm³/mol. The quantitative estimate of drug-likeness (QED) is 0.500. The molecule has 3 heterocycles. The number of aromatic nitrogens is 4. The maximum atomic E-state index is 11.2. The zero-order valence-electron chi connectivity index (χ0n) is 15.8. The molecular weight excluding hydrogens is 364 g/mol. The van der Waals surface area contributed by atoms with Crippen LogP contribution in [0.3, 0.4) is 0 Å². The minimum absolute atomic E-state index is 0.0478. The minimum Gasteiger partial charge on any atom is -0.476 e. The lowest BCUT2D eigenvalue weighted by Gasteiger charge is -2.07. The Morgan fingerprint density at radius 2 is 1.76 bits per heavy atom. The van der Waals surface area contributed by atoms with E-state index in [2.05, 4.69) is 35.4 Å². The molecule has 0 aliphatic heterocycles. The van der Waals surface area contributed by atoms with Crippen molar-refractivity contribution in [2.45, 2.75) is 13.5 Å². The van der Waals surface area contributed by atoms with Gasteiger partial charge in [0.15, 0.2) is 5.69 Å². The standard InChI is InChI=1S/C23H18N4O2/c1-15-12-22(23(28)29)24-26(15)14-18-9-5-8-17-13-21(25-27(17)18)20-11-4-7-16-6-2-3-10-19(16)20/h2-13H,14H2,1H3,(H,28,29). The van der Waals surface area contributed by atoms with Crippen LogP contribution in [0.2, 0.25) is 0 Å². The lowest BCUT2D eigenvalue weighted by atomic mass is 10.0. The monoisotopic (exact) mass is 382 g/mol. The second-order valence-corrected chi connectivity index (χ2v) is 7.04. The molecule has 29 heavy (non-hydrogen) atoms. The highest BCUT2D eigenvalue weighted by Crippen LogP contribution is 2.28. The zero-order chi connectivity index (χ0) is 20.0. The molecule has 0 radical (unpaired) electrons. The molecule has 0 aliphatic rings. The summed E-state index contributed by atoms with van der Waals surface area (Å²) in [5.41, 5.74) is 4.73. The van der Waals surface area contributed by atoms with Gasteiger partial charge in [0.2, 0.25) is 0 Å². The van der Waals surface area contributed by atoms with Crippen LogP contribution in [0, 0.1) is 6.92 Å². The van der Waals surface area contributed by atoms with E-state index in [9.17, 15) is 9.90 Å². The van der Waals surface area contributed by atoms with Gasteiger partial charge in [-0.05, 0) is 42.0 Å². The Kier molecular flexibility index (Phi) is 3.91. The van der Waals surface area contributed by atoms with Crippen LogP contribution in [0.4, 0.5) is 0 Å². The summed E-state index contributed by atoms with van der Waals surface area (Å²) in [7, 11) is 0. The summed E-state index contributed by atoms with van der Waals surface area (Å²) in [5, 5.41) is 20.6. The summed E-state index contributed by atoms with van der Waals surface area (Å²) in [6, 6.07) is 24.1. The molecule has 0 saturated heterocycles.